The van der Waals surface area contributed by atoms with Crippen LogP contribution in [0.2, 0.25) is 0 Å². The lowest BCUT2D eigenvalue weighted by Gasteiger charge is -2.22. The minimum absolute atomic E-state index is 0.965. The molecule has 2 nitrogen and oxygen atoms in total. The van der Waals surface area contributed by atoms with Gasteiger partial charge in [0.1, 0.15) is 0 Å². The van der Waals surface area contributed by atoms with Gasteiger partial charge in [-0.15, -0.1) is 0 Å². The predicted molar refractivity (Wildman–Crippen MR) is 41.2 cm³/mol. The Labute approximate surface area is 61.0 Å². The third-order valence-electron chi connectivity index (χ3n) is 2.02. The van der Waals surface area contributed by atoms with Crippen LogP contribution < -0.4 is 10.9 Å². The van der Waals surface area contributed by atoms with E-state index >= 15 is 0 Å². The van der Waals surface area contributed by atoms with E-state index in [1.165, 1.54) is 30.5 Å². The first-order chi connectivity index (χ1) is 4.97. The quantitative estimate of drug-likeness (QED) is 0.521. The summed E-state index contributed by atoms with van der Waals surface area (Å²) in [6, 6.07) is 0. The molecule has 0 saturated heterocycles. The molecule has 0 saturated carbocycles. The van der Waals surface area contributed by atoms with Crippen LogP contribution in [0.3, 0.4) is 0 Å². The number of rotatable bonds is 0. The van der Waals surface area contributed by atoms with Crippen LogP contribution in [-0.2, 0) is 0 Å². The maximum absolute atomic E-state index is 3.16. The first-order valence-corrected chi connectivity index (χ1v) is 3.85. The van der Waals surface area contributed by atoms with Crippen molar-refractivity contribution in [3.05, 3.63) is 23.4 Å². The lowest BCUT2D eigenvalue weighted by atomic mass is 9.98. The van der Waals surface area contributed by atoms with Gasteiger partial charge in [0, 0.05) is 12.2 Å². The minimum Gasteiger partial charge on any atom is -0.321 e. The van der Waals surface area contributed by atoms with E-state index in [4.69, 9.17) is 0 Å². The molecule has 1 aliphatic heterocycles. The molecule has 2 heteroatoms. The molecule has 54 valence electrons. The summed E-state index contributed by atoms with van der Waals surface area (Å²) in [7, 11) is 0. The largest absolute Gasteiger partial charge is 0.321 e. The van der Waals surface area contributed by atoms with Crippen LogP contribution >= 0.6 is 0 Å². The summed E-state index contributed by atoms with van der Waals surface area (Å²) in [4.78, 5) is 0. The lowest BCUT2D eigenvalue weighted by molar-refractivity contribution is 0.599. The molecule has 0 aromatic carbocycles. The van der Waals surface area contributed by atoms with Gasteiger partial charge in [-0.1, -0.05) is 12.2 Å². The molecule has 0 aromatic heterocycles. The summed E-state index contributed by atoms with van der Waals surface area (Å²) in [5.74, 6) is 0. The maximum atomic E-state index is 3.16. The zero-order valence-electron chi connectivity index (χ0n) is 5.98. The Kier molecular flexibility index (Phi) is 1.47. The highest BCUT2D eigenvalue weighted by Crippen LogP contribution is 2.22. The average Bonchev–Trinajstić information content (AvgIpc) is 2.05. The van der Waals surface area contributed by atoms with Crippen molar-refractivity contribution in [2.24, 2.45) is 0 Å². The smallest absolute Gasteiger partial charge is 0.0477 e. The molecule has 0 aromatic rings. The molecule has 10 heavy (non-hydrogen) atoms. The fourth-order valence-corrected chi connectivity index (χ4v) is 1.47. The molecule has 0 atom stereocenters. The predicted octanol–water partition coefficient (Wildman–Crippen LogP) is 1.09. The molecule has 2 N–H and O–H groups in total. The maximum Gasteiger partial charge on any atom is 0.0477 e. The zero-order chi connectivity index (χ0) is 6.81. The van der Waals surface area contributed by atoms with E-state index in [1.807, 2.05) is 0 Å². The topological polar surface area (TPSA) is 24.1 Å². The van der Waals surface area contributed by atoms with E-state index < -0.39 is 0 Å². The third kappa shape index (κ3) is 0.948. The molecule has 1 aliphatic carbocycles. The Morgan fingerprint density at radius 1 is 1.30 bits per heavy atom. The van der Waals surface area contributed by atoms with E-state index in [2.05, 4.69) is 23.0 Å². The van der Waals surface area contributed by atoms with Crippen LogP contribution in [0.4, 0.5) is 0 Å². The van der Waals surface area contributed by atoms with Crippen molar-refractivity contribution in [3.8, 4) is 0 Å². The monoisotopic (exact) mass is 136 g/mol. The van der Waals surface area contributed by atoms with Crippen LogP contribution in [0.25, 0.3) is 0 Å². The second kappa shape index (κ2) is 2.46. The van der Waals surface area contributed by atoms with Crippen LogP contribution in [0.1, 0.15) is 19.3 Å². The number of hydrogen-bond acceptors (Lipinski definition) is 2. The van der Waals surface area contributed by atoms with Crippen molar-refractivity contribution in [2.75, 3.05) is 6.54 Å². The number of hydrogen-bond donors (Lipinski definition) is 2. The molecule has 0 radical (unpaired) electrons. The highest BCUT2D eigenvalue weighted by molar-refractivity contribution is 5.33. The summed E-state index contributed by atoms with van der Waals surface area (Å²) in [5, 5.41) is 0. The van der Waals surface area contributed by atoms with Crippen LogP contribution in [-0.4, -0.2) is 6.54 Å². The van der Waals surface area contributed by atoms with Crippen LogP contribution in [0, 0.1) is 0 Å². The van der Waals surface area contributed by atoms with Gasteiger partial charge in [-0.2, -0.15) is 0 Å². The normalized spacial score (nSPS) is 24.0. The van der Waals surface area contributed by atoms with Gasteiger partial charge in [-0.3, -0.25) is 0 Å². The van der Waals surface area contributed by atoms with Gasteiger partial charge in [0.2, 0.25) is 0 Å². The van der Waals surface area contributed by atoms with Crippen molar-refractivity contribution in [3.63, 3.8) is 0 Å². The van der Waals surface area contributed by atoms with Gasteiger partial charge in [0.05, 0.1) is 0 Å². The third-order valence-corrected chi connectivity index (χ3v) is 2.02. The van der Waals surface area contributed by atoms with Gasteiger partial charge < -0.3 is 5.43 Å². The van der Waals surface area contributed by atoms with Gasteiger partial charge >= 0.3 is 0 Å². The van der Waals surface area contributed by atoms with Gasteiger partial charge in [-0.25, -0.2) is 5.43 Å². The summed E-state index contributed by atoms with van der Waals surface area (Å²) in [6.45, 7) is 0.965. The Bertz CT molecular complexity index is 169. The van der Waals surface area contributed by atoms with Gasteiger partial charge in [0.25, 0.3) is 0 Å². The van der Waals surface area contributed by atoms with E-state index in [1.54, 1.807) is 0 Å². The lowest BCUT2D eigenvalue weighted by Crippen LogP contribution is -2.36. The molecule has 1 heterocycles. The van der Waals surface area contributed by atoms with E-state index in [-0.39, 0.29) is 0 Å². The number of allylic oxidation sites excluding steroid dienone is 2. The Balaban J connectivity index is 2.25. The second-order valence-corrected chi connectivity index (χ2v) is 2.75. The van der Waals surface area contributed by atoms with E-state index in [0.29, 0.717) is 0 Å². The van der Waals surface area contributed by atoms with E-state index in [9.17, 15) is 0 Å². The molecule has 0 unspecified atom stereocenters. The molecule has 0 amide bonds. The Morgan fingerprint density at radius 2 is 2.30 bits per heavy atom. The Morgan fingerprint density at radius 3 is 3.20 bits per heavy atom. The molecule has 0 spiro atoms. The second-order valence-electron chi connectivity index (χ2n) is 2.75. The van der Waals surface area contributed by atoms with Crippen molar-refractivity contribution >= 4 is 0 Å². The molecule has 0 bridgehead atoms. The number of nitrogens with one attached hydrogen (secondary N) is 2. The van der Waals surface area contributed by atoms with Crippen LogP contribution in [0.15, 0.2) is 23.4 Å². The van der Waals surface area contributed by atoms with Gasteiger partial charge in [0.15, 0.2) is 0 Å². The highest BCUT2D eigenvalue weighted by atomic mass is 15.4. The van der Waals surface area contributed by atoms with Crippen molar-refractivity contribution in [2.45, 2.75) is 19.3 Å². The minimum atomic E-state index is 0.965. The molecular formula is C8H12N2. The highest BCUT2D eigenvalue weighted by Gasteiger charge is 2.11. The molecule has 2 rings (SSSR count). The van der Waals surface area contributed by atoms with Gasteiger partial charge in [-0.05, 0) is 24.8 Å². The summed E-state index contributed by atoms with van der Waals surface area (Å²) in [6.07, 6.45) is 8.32. The molecule has 2 aliphatic rings. The number of fused-ring (bicyclic) bond motifs is 1. The average molecular weight is 136 g/mol. The SMILES string of the molecule is C1=C2CCCC=C2NNC1. The van der Waals surface area contributed by atoms with Crippen molar-refractivity contribution in [1.82, 2.24) is 10.9 Å². The Hall–Kier alpha value is -0.760. The molecular weight excluding hydrogens is 124 g/mol. The molecule has 0 fully saturated rings. The fraction of sp³-hybridized carbons (Fsp3) is 0.500. The van der Waals surface area contributed by atoms with E-state index in [0.717, 1.165) is 6.54 Å². The summed E-state index contributed by atoms with van der Waals surface area (Å²) >= 11 is 0. The fourth-order valence-electron chi connectivity index (χ4n) is 1.47. The summed E-state index contributed by atoms with van der Waals surface area (Å²) in [5.41, 5.74) is 9.05. The first-order valence-electron chi connectivity index (χ1n) is 3.85. The van der Waals surface area contributed by atoms with Crippen molar-refractivity contribution in [1.29, 1.82) is 0 Å². The van der Waals surface area contributed by atoms with Crippen molar-refractivity contribution < 1.29 is 0 Å². The standard InChI is InChI=1S/C8H12N2/c1-2-4-8-7(3-1)5-6-9-10-8/h4-5,9-10H,1-3,6H2. The van der Waals surface area contributed by atoms with Crippen LogP contribution in [0.5, 0.6) is 0 Å². The zero-order valence-corrected chi connectivity index (χ0v) is 5.98. The number of hydrazine groups is 1. The summed E-state index contributed by atoms with van der Waals surface area (Å²) < 4.78 is 0. The first kappa shape index (κ1) is 5.98.